The van der Waals surface area contributed by atoms with Crippen molar-refractivity contribution in [2.45, 2.75) is 44.2 Å². The summed E-state index contributed by atoms with van der Waals surface area (Å²) in [5.74, 6) is 0.749. The fourth-order valence-electron chi connectivity index (χ4n) is 2.91. The lowest BCUT2D eigenvalue weighted by molar-refractivity contribution is -0.135. The summed E-state index contributed by atoms with van der Waals surface area (Å²) in [6.45, 7) is 4.07. The first-order valence-electron chi connectivity index (χ1n) is 9.28. The van der Waals surface area contributed by atoms with Gasteiger partial charge in [0.15, 0.2) is 0 Å². The summed E-state index contributed by atoms with van der Waals surface area (Å²) >= 11 is 0. The number of para-hydroxylation sites is 1. The molecule has 0 radical (unpaired) electrons. The van der Waals surface area contributed by atoms with Crippen LogP contribution in [0.3, 0.4) is 0 Å². The molecular weight excluding hydrogens is 378 g/mol. The normalized spacial score (nSPS) is 14.0. The number of rotatable bonds is 8. The van der Waals surface area contributed by atoms with Crippen LogP contribution in [-0.2, 0) is 21.5 Å². The monoisotopic (exact) mass is 403 g/mol. The molecule has 0 unspecified atom stereocenters. The van der Waals surface area contributed by atoms with Gasteiger partial charge in [-0.3, -0.25) is 4.79 Å². The molecule has 1 aliphatic carbocycles. The van der Waals surface area contributed by atoms with Crippen molar-refractivity contribution in [2.75, 3.05) is 7.11 Å². The Morgan fingerprint density at radius 3 is 2.32 bits per heavy atom. The van der Waals surface area contributed by atoms with E-state index in [0.717, 1.165) is 12.8 Å². The topological polar surface area (TPSA) is 72.9 Å². The number of nitrogens with zero attached hydrogens (tertiary/aromatic N) is 1. The summed E-state index contributed by atoms with van der Waals surface area (Å²) in [6.07, 6.45) is 1.96. The van der Waals surface area contributed by atoms with Gasteiger partial charge in [-0.15, -0.1) is 0 Å². The lowest BCUT2D eigenvalue weighted by Crippen LogP contribution is -2.35. The Balaban J connectivity index is 1.84. The molecular formula is C21H25NO5S. The van der Waals surface area contributed by atoms with E-state index >= 15 is 0 Å². The highest BCUT2D eigenvalue weighted by Crippen LogP contribution is 2.32. The highest BCUT2D eigenvalue weighted by molar-refractivity contribution is 7.87. The predicted molar refractivity (Wildman–Crippen MR) is 106 cm³/mol. The Morgan fingerprint density at radius 1 is 1.11 bits per heavy atom. The average molecular weight is 404 g/mol. The molecule has 1 saturated carbocycles. The maximum absolute atomic E-state index is 12.7. The van der Waals surface area contributed by atoms with E-state index in [4.69, 9.17) is 8.92 Å². The summed E-state index contributed by atoms with van der Waals surface area (Å²) in [4.78, 5) is 14.4. The van der Waals surface area contributed by atoms with Crippen LogP contribution >= 0.6 is 0 Å². The first-order valence-corrected chi connectivity index (χ1v) is 10.7. The molecule has 150 valence electrons. The first kappa shape index (κ1) is 20.2. The van der Waals surface area contributed by atoms with E-state index in [1.165, 1.54) is 19.2 Å². The molecule has 0 saturated heterocycles. The van der Waals surface area contributed by atoms with Crippen molar-refractivity contribution < 1.29 is 22.1 Å². The molecule has 6 nitrogen and oxygen atoms in total. The van der Waals surface area contributed by atoms with Gasteiger partial charge >= 0.3 is 10.1 Å². The van der Waals surface area contributed by atoms with Crippen LogP contribution in [-0.4, -0.2) is 32.4 Å². The molecule has 0 heterocycles. The van der Waals surface area contributed by atoms with E-state index in [-0.39, 0.29) is 28.5 Å². The lowest BCUT2D eigenvalue weighted by atomic mass is 10.1. The third kappa shape index (κ3) is 4.65. The maximum Gasteiger partial charge on any atom is 0.339 e. The van der Waals surface area contributed by atoms with Crippen LogP contribution < -0.4 is 8.92 Å². The number of hydrogen-bond acceptors (Lipinski definition) is 5. The van der Waals surface area contributed by atoms with Crippen molar-refractivity contribution in [3.8, 4) is 11.5 Å². The van der Waals surface area contributed by atoms with Crippen molar-refractivity contribution in [1.29, 1.82) is 0 Å². The van der Waals surface area contributed by atoms with Gasteiger partial charge in [0.05, 0.1) is 7.11 Å². The van der Waals surface area contributed by atoms with Crippen molar-refractivity contribution in [3.63, 3.8) is 0 Å². The average Bonchev–Trinajstić information content (AvgIpc) is 3.51. The molecule has 0 aromatic heterocycles. The minimum Gasteiger partial charge on any atom is -0.497 e. The molecule has 0 spiro atoms. The summed E-state index contributed by atoms with van der Waals surface area (Å²) in [6, 6.07) is 13.2. The number of methoxy groups -OCH3 is 1. The highest BCUT2D eigenvalue weighted by Gasteiger charge is 2.34. The van der Waals surface area contributed by atoms with Gasteiger partial charge in [-0.2, -0.15) is 8.42 Å². The molecule has 2 aromatic rings. The number of carbonyl (C=O) groups excluding carboxylic acids is 1. The van der Waals surface area contributed by atoms with E-state index in [1.54, 1.807) is 30.3 Å². The fraction of sp³-hybridized carbons (Fsp3) is 0.381. The lowest BCUT2D eigenvalue weighted by Gasteiger charge is -2.25. The van der Waals surface area contributed by atoms with Crippen LogP contribution in [0.15, 0.2) is 53.4 Å². The molecule has 1 amide bonds. The van der Waals surface area contributed by atoms with Gasteiger partial charge < -0.3 is 13.8 Å². The molecule has 0 N–H and O–H groups in total. The maximum atomic E-state index is 12.7. The predicted octanol–water partition coefficient (Wildman–Crippen LogP) is 3.61. The zero-order valence-corrected chi connectivity index (χ0v) is 17.1. The molecule has 7 heteroatoms. The summed E-state index contributed by atoms with van der Waals surface area (Å²) in [5, 5.41) is 0. The summed E-state index contributed by atoms with van der Waals surface area (Å²) < 4.78 is 35.9. The van der Waals surface area contributed by atoms with Crippen LogP contribution in [0.25, 0.3) is 0 Å². The smallest absolute Gasteiger partial charge is 0.339 e. The summed E-state index contributed by atoms with van der Waals surface area (Å²) in [7, 11) is -2.48. The quantitative estimate of drug-likeness (QED) is 0.630. The third-order valence-corrected chi connectivity index (χ3v) is 5.87. The first-order chi connectivity index (χ1) is 13.3. The fourth-order valence-corrected chi connectivity index (χ4v) is 3.88. The second-order valence-electron chi connectivity index (χ2n) is 7.17. The number of benzene rings is 2. The van der Waals surface area contributed by atoms with Gasteiger partial charge in [0, 0.05) is 24.1 Å². The van der Waals surface area contributed by atoms with Gasteiger partial charge in [-0.05, 0) is 43.2 Å². The molecule has 2 aromatic carbocycles. The largest absolute Gasteiger partial charge is 0.497 e. The zero-order valence-electron chi connectivity index (χ0n) is 16.3. The second-order valence-corrected chi connectivity index (χ2v) is 8.72. The van der Waals surface area contributed by atoms with Crippen molar-refractivity contribution in [1.82, 2.24) is 4.90 Å². The summed E-state index contributed by atoms with van der Waals surface area (Å²) in [5.41, 5.74) is 0.667. The molecule has 0 bridgehead atoms. The van der Waals surface area contributed by atoms with Gasteiger partial charge in [-0.25, -0.2) is 0 Å². The zero-order chi connectivity index (χ0) is 20.3. The SMILES string of the molecule is COc1ccc(S(=O)(=O)Oc2ccccc2CN(C(=O)C(C)C)C2CC2)cc1. The highest BCUT2D eigenvalue weighted by atomic mass is 32.2. The minimum absolute atomic E-state index is 0.0420. The van der Waals surface area contributed by atoms with E-state index in [2.05, 4.69) is 0 Å². The molecule has 3 rings (SSSR count). The van der Waals surface area contributed by atoms with E-state index in [0.29, 0.717) is 17.9 Å². The van der Waals surface area contributed by atoms with Crippen LogP contribution in [0.1, 0.15) is 32.3 Å². The Bertz CT molecular complexity index is 934. The van der Waals surface area contributed by atoms with Crippen LogP contribution in [0.5, 0.6) is 11.5 Å². The molecule has 28 heavy (non-hydrogen) atoms. The van der Waals surface area contributed by atoms with Gasteiger partial charge in [0.1, 0.15) is 16.4 Å². The standard InChI is InChI=1S/C21H25NO5S/c1-15(2)21(23)22(17-8-9-17)14-16-6-4-5-7-20(16)27-28(24,25)19-12-10-18(26-3)11-13-19/h4-7,10-13,15,17H,8-9,14H2,1-3H3. The number of ether oxygens (including phenoxy) is 1. The Hall–Kier alpha value is -2.54. The number of carbonyl (C=O) groups is 1. The van der Waals surface area contributed by atoms with Gasteiger partial charge in [0.2, 0.25) is 5.91 Å². The van der Waals surface area contributed by atoms with Gasteiger partial charge in [0.25, 0.3) is 0 Å². The second kappa shape index (κ2) is 8.22. The molecule has 1 fully saturated rings. The van der Waals surface area contributed by atoms with E-state index in [1.807, 2.05) is 24.8 Å². The third-order valence-electron chi connectivity index (χ3n) is 4.63. The Morgan fingerprint density at radius 2 is 1.75 bits per heavy atom. The Labute approximate surface area is 166 Å². The van der Waals surface area contributed by atoms with Crippen molar-refractivity contribution >= 4 is 16.0 Å². The van der Waals surface area contributed by atoms with Crippen LogP contribution in [0.2, 0.25) is 0 Å². The van der Waals surface area contributed by atoms with Crippen molar-refractivity contribution in [3.05, 3.63) is 54.1 Å². The number of amides is 1. The number of hydrogen-bond donors (Lipinski definition) is 0. The molecule has 0 atom stereocenters. The van der Waals surface area contributed by atoms with Crippen LogP contribution in [0.4, 0.5) is 0 Å². The minimum atomic E-state index is -4.00. The Kier molecular flexibility index (Phi) is 5.93. The van der Waals surface area contributed by atoms with Crippen molar-refractivity contribution in [2.24, 2.45) is 5.92 Å². The van der Waals surface area contributed by atoms with Crippen LogP contribution in [0, 0.1) is 5.92 Å². The van der Waals surface area contributed by atoms with E-state index < -0.39 is 10.1 Å². The molecule has 1 aliphatic rings. The van der Waals surface area contributed by atoms with Gasteiger partial charge in [-0.1, -0.05) is 32.0 Å². The van der Waals surface area contributed by atoms with E-state index in [9.17, 15) is 13.2 Å². The molecule has 0 aliphatic heterocycles.